The average molecular weight is 345 g/mol. The zero-order chi connectivity index (χ0) is 18.4. The van der Waals surface area contributed by atoms with E-state index in [4.69, 9.17) is 9.26 Å². The second-order valence-corrected chi connectivity index (χ2v) is 6.52. The van der Waals surface area contributed by atoms with Crippen molar-refractivity contribution in [2.24, 2.45) is 0 Å². The van der Waals surface area contributed by atoms with Gasteiger partial charge in [0, 0.05) is 31.3 Å². The van der Waals surface area contributed by atoms with Crippen molar-refractivity contribution in [1.29, 1.82) is 0 Å². The summed E-state index contributed by atoms with van der Waals surface area (Å²) in [5.41, 5.74) is 4.07. The first-order chi connectivity index (χ1) is 11.9. The van der Waals surface area contributed by atoms with Crippen LogP contribution in [0, 0.1) is 13.8 Å². The summed E-state index contributed by atoms with van der Waals surface area (Å²) in [6.45, 7) is 9.29. The van der Waals surface area contributed by atoms with E-state index >= 15 is 0 Å². The van der Waals surface area contributed by atoms with E-state index < -0.39 is 0 Å². The second-order valence-electron chi connectivity index (χ2n) is 6.52. The summed E-state index contributed by atoms with van der Waals surface area (Å²) < 4.78 is 10.6. The molecule has 0 fully saturated rings. The number of aromatic nitrogens is 1. The largest absolute Gasteiger partial charge is 0.383 e. The van der Waals surface area contributed by atoms with Crippen LogP contribution in [0.3, 0.4) is 0 Å². The number of aryl methyl sites for hydroxylation is 2. The molecule has 25 heavy (non-hydrogen) atoms. The molecule has 2 aromatic rings. The molecule has 0 unspecified atom stereocenters. The van der Waals surface area contributed by atoms with Crippen LogP contribution in [0.2, 0.25) is 0 Å². The summed E-state index contributed by atoms with van der Waals surface area (Å²) in [6, 6.07) is 8.01. The van der Waals surface area contributed by atoms with Crippen LogP contribution in [0.1, 0.15) is 30.7 Å². The minimum Gasteiger partial charge on any atom is -0.383 e. The van der Waals surface area contributed by atoms with Crippen LogP contribution in [0.15, 0.2) is 28.8 Å². The molecule has 0 saturated carbocycles. The van der Waals surface area contributed by atoms with E-state index in [1.54, 1.807) is 12.0 Å². The Kier molecular flexibility index (Phi) is 6.58. The standard InChI is InChI=1S/C19H27N3O3/c1-13(2)20-19(23)22(8-9-24-5)12-16-11-18(25-21-16)17-7-6-14(3)10-15(17)4/h6-7,10-11,13H,8-9,12H2,1-5H3,(H,20,23). The molecule has 0 spiro atoms. The van der Waals surface area contributed by atoms with Crippen molar-refractivity contribution in [3.05, 3.63) is 41.1 Å². The molecule has 1 aromatic heterocycles. The van der Waals surface area contributed by atoms with Gasteiger partial charge in [0.1, 0.15) is 5.69 Å². The molecule has 0 bridgehead atoms. The number of rotatable bonds is 7. The van der Waals surface area contributed by atoms with Gasteiger partial charge in [-0.2, -0.15) is 0 Å². The molecule has 0 aliphatic rings. The van der Waals surface area contributed by atoms with Crippen LogP contribution in [0.25, 0.3) is 11.3 Å². The van der Waals surface area contributed by atoms with Gasteiger partial charge in [-0.15, -0.1) is 0 Å². The highest BCUT2D eigenvalue weighted by Crippen LogP contribution is 2.25. The molecular formula is C19H27N3O3. The Morgan fingerprint density at radius 3 is 2.72 bits per heavy atom. The highest BCUT2D eigenvalue weighted by atomic mass is 16.5. The van der Waals surface area contributed by atoms with Crippen molar-refractivity contribution in [2.45, 2.75) is 40.3 Å². The first-order valence-corrected chi connectivity index (χ1v) is 8.48. The number of carbonyl (C=O) groups excluding carboxylic acids is 1. The number of methoxy groups -OCH3 is 1. The minimum absolute atomic E-state index is 0.0700. The van der Waals surface area contributed by atoms with Crippen LogP contribution in [-0.4, -0.2) is 42.4 Å². The predicted molar refractivity (Wildman–Crippen MR) is 97.4 cm³/mol. The van der Waals surface area contributed by atoms with Gasteiger partial charge in [0.05, 0.1) is 13.2 Å². The Morgan fingerprint density at radius 2 is 2.08 bits per heavy atom. The van der Waals surface area contributed by atoms with Crippen molar-refractivity contribution in [3.8, 4) is 11.3 Å². The molecule has 0 atom stereocenters. The first kappa shape index (κ1) is 19.0. The van der Waals surface area contributed by atoms with Crippen LogP contribution < -0.4 is 5.32 Å². The molecule has 0 saturated heterocycles. The van der Waals surface area contributed by atoms with Crippen molar-refractivity contribution in [3.63, 3.8) is 0 Å². The first-order valence-electron chi connectivity index (χ1n) is 8.48. The van der Waals surface area contributed by atoms with Gasteiger partial charge in [-0.3, -0.25) is 0 Å². The lowest BCUT2D eigenvalue weighted by molar-refractivity contribution is 0.144. The third kappa shape index (κ3) is 5.32. The molecule has 2 amide bonds. The maximum absolute atomic E-state index is 12.3. The fourth-order valence-corrected chi connectivity index (χ4v) is 2.59. The van der Waals surface area contributed by atoms with Crippen molar-refractivity contribution < 1.29 is 14.1 Å². The Labute approximate surface area is 149 Å². The molecule has 0 radical (unpaired) electrons. The summed E-state index contributed by atoms with van der Waals surface area (Å²) in [7, 11) is 1.62. The molecule has 2 rings (SSSR count). The smallest absolute Gasteiger partial charge is 0.318 e. The summed E-state index contributed by atoms with van der Waals surface area (Å²) in [4.78, 5) is 14.0. The molecular weight excluding hydrogens is 318 g/mol. The highest BCUT2D eigenvalue weighted by molar-refractivity contribution is 5.74. The molecule has 136 valence electrons. The molecule has 6 heteroatoms. The van der Waals surface area contributed by atoms with Gasteiger partial charge in [0.2, 0.25) is 0 Å². The number of hydrogen-bond donors (Lipinski definition) is 1. The maximum atomic E-state index is 12.3. The normalized spacial score (nSPS) is 11.0. The molecule has 0 aliphatic carbocycles. The van der Waals surface area contributed by atoms with E-state index in [0.29, 0.717) is 31.2 Å². The number of nitrogens with one attached hydrogen (secondary N) is 1. The maximum Gasteiger partial charge on any atom is 0.318 e. The number of ether oxygens (including phenoxy) is 1. The van der Waals surface area contributed by atoms with Crippen LogP contribution in [0.4, 0.5) is 4.79 Å². The van der Waals surface area contributed by atoms with Crippen molar-refractivity contribution in [1.82, 2.24) is 15.4 Å². The van der Waals surface area contributed by atoms with Crippen LogP contribution >= 0.6 is 0 Å². The fraction of sp³-hybridized carbons (Fsp3) is 0.474. The van der Waals surface area contributed by atoms with E-state index in [9.17, 15) is 4.79 Å². The summed E-state index contributed by atoms with van der Waals surface area (Å²) >= 11 is 0. The van der Waals surface area contributed by atoms with Crippen molar-refractivity contribution in [2.75, 3.05) is 20.3 Å². The number of nitrogens with zero attached hydrogens (tertiary/aromatic N) is 2. The lowest BCUT2D eigenvalue weighted by Gasteiger charge is -2.23. The number of carbonyl (C=O) groups is 1. The Bertz CT molecular complexity index is 710. The predicted octanol–water partition coefficient (Wildman–Crippen LogP) is 3.52. The highest BCUT2D eigenvalue weighted by Gasteiger charge is 2.17. The van der Waals surface area contributed by atoms with Gasteiger partial charge in [0.25, 0.3) is 0 Å². The zero-order valence-corrected chi connectivity index (χ0v) is 15.6. The van der Waals surface area contributed by atoms with Gasteiger partial charge < -0.3 is 19.5 Å². The lowest BCUT2D eigenvalue weighted by Crippen LogP contribution is -2.43. The Hall–Kier alpha value is -2.34. The third-order valence-electron chi connectivity index (χ3n) is 3.82. The van der Waals surface area contributed by atoms with Gasteiger partial charge >= 0.3 is 6.03 Å². The molecule has 1 N–H and O–H groups in total. The van der Waals surface area contributed by atoms with E-state index in [1.807, 2.05) is 39.0 Å². The zero-order valence-electron chi connectivity index (χ0n) is 15.6. The summed E-state index contributed by atoms with van der Waals surface area (Å²) in [6.07, 6.45) is 0. The third-order valence-corrected chi connectivity index (χ3v) is 3.82. The molecule has 0 aliphatic heterocycles. The lowest BCUT2D eigenvalue weighted by atomic mass is 10.0. The summed E-state index contributed by atoms with van der Waals surface area (Å²) in [5, 5.41) is 7.03. The molecule has 6 nitrogen and oxygen atoms in total. The fourth-order valence-electron chi connectivity index (χ4n) is 2.59. The van der Waals surface area contributed by atoms with E-state index in [1.165, 1.54) is 5.56 Å². The Morgan fingerprint density at radius 1 is 1.32 bits per heavy atom. The van der Waals surface area contributed by atoms with Crippen LogP contribution in [-0.2, 0) is 11.3 Å². The average Bonchev–Trinajstić information content (AvgIpc) is 2.99. The SMILES string of the molecule is COCCN(Cc1cc(-c2ccc(C)cc2C)on1)C(=O)NC(C)C. The Balaban J connectivity index is 2.14. The van der Waals surface area contributed by atoms with E-state index in [-0.39, 0.29) is 12.1 Å². The van der Waals surface area contributed by atoms with Gasteiger partial charge in [0.15, 0.2) is 5.76 Å². The number of urea groups is 1. The molecule has 1 heterocycles. The van der Waals surface area contributed by atoms with Gasteiger partial charge in [-0.25, -0.2) is 4.79 Å². The minimum atomic E-state index is -0.136. The number of benzene rings is 1. The van der Waals surface area contributed by atoms with Gasteiger partial charge in [-0.1, -0.05) is 28.9 Å². The van der Waals surface area contributed by atoms with Crippen LogP contribution in [0.5, 0.6) is 0 Å². The topological polar surface area (TPSA) is 67.6 Å². The van der Waals surface area contributed by atoms with E-state index in [2.05, 4.69) is 23.5 Å². The molecule has 1 aromatic carbocycles. The number of amides is 2. The summed E-state index contributed by atoms with van der Waals surface area (Å²) in [5.74, 6) is 0.712. The monoisotopic (exact) mass is 345 g/mol. The van der Waals surface area contributed by atoms with Crippen molar-refractivity contribution >= 4 is 6.03 Å². The quantitative estimate of drug-likeness (QED) is 0.834. The number of hydrogen-bond acceptors (Lipinski definition) is 4. The second kappa shape index (κ2) is 8.67. The van der Waals surface area contributed by atoms with E-state index in [0.717, 1.165) is 11.1 Å². The van der Waals surface area contributed by atoms with Gasteiger partial charge in [-0.05, 0) is 33.3 Å².